The van der Waals surface area contributed by atoms with Gasteiger partial charge in [-0.2, -0.15) is 0 Å². The van der Waals surface area contributed by atoms with Crippen molar-refractivity contribution in [3.05, 3.63) is 0 Å². The fourth-order valence-corrected chi connectivity index (χ4v) is 3.18. The first-order valence-corrected chi connectivity index (χ1v) is 5.96. The molecule has 1 rings (SSSR count). The second kappa shape index (κ2) is 5.13. The van der Waals surface area contributed by atoms with Gasteiger partial charge in [-0.3, -0.25) is 0 Å². The summed E-state index contributed by atoms with van der Waals surface area (Å²) < 4.78 is 0. The van der Waals surface area contributed by atoms with Gasteiger partial charge in [0.25, 0.3) is 0 Å². The minimum absolute atomic E-state index is 0.209. The molecule has 84 valence electrons. The molecular formula is C12H25NO. The third kappa shape index (κ3) is 2.29. The molecule has 1 aliphatic rings. The summed E-state index contributed by atoms with van der Waals surface area (Å²) in [5.74, 6) is 1.45. The number of rotatable bonds is 4. The number of hydrogen-bond acceptors (Lipinski definition) is 2. The second-order valence-electron chi connectivity index (χ2n) is 4.98. The Morgan fingerprint density at radius 2 is 2.14 bits per heavy atom. The summed E-state index contributed by atoms with van der Waals surface area (Å²) in [6.07, 6.45) is 6.12. The van der Waals surface area contributed by atoms with Gasteiger partial charge in [-0.25, -0.2) is 0 Å². The Balaban J connectivity index is 2.75. The molecule has 0 amide bonds. The molecule has 0 heterocycles. The molecule has 0 saturated heterocycles. The predicted octanol–water partition coefficient (Wildman–Crippen LogP) is 2.17. The molecule has 2 N–H and O–H groups in total. The van der Waals surface area contributed by atoms with Crippen molar-refractivity contribution in [2.45, 2.75) is 51.5 Å². The maximum Gasteiger partial charge on any atom is 0.0448 e. The summed E-state index contributed by atoms with van der Waals surface area (Å²) in [6.45, 7) is 4.92. The third-order valence-corrected chi connectivity index (χ3v) is 3.96. The van der Waals surface area contributed by atoms with E-state index in [1.807, 2.05) is 0 Å². The molecule has 2 unspecified atom stereocenters. The van der Waals surface area contributed by atoms with Gasteiger partial charge in [0.05, 0.1) is 0 Å². The van der Waals surface area contributed by atoms with E-state index in [-0.39, 0.29) is 5.54 Å². The first kappa shape index (κ1) is 12.0. The van der Waals surface area contributed by atoms with Crippen LogP contribution in [0.1, 0.15) is 46.0 Å². The fraction of sp³-hybridized carbons (Fsp3) is 1.00. The largest absolute Gasteiger partial charge is 0.396 e. The van der Waals surface area contributed by atoms with Crippen LogP contribution >= 0.6 is 0 Å². The van der Waals surface area contributed by atoms with E-state index >= 15 is 0 Å². The lowest BCUT2D eigenvalue weighted by molar-refractivity contribution is 0.0803. The molecule has 1 aliphatic carbocycles. The maximum atomic E-state index is 9.17. The molecule has 1 fully saturated rings. The highest BCUT2D eigenvalue weighted by Crippen LogP contribution is 2.40. The van der Waals surface area contributed by atoms with Gasteiger partial charge < -0.3 is 10.4 Å². The summed E-state index contributed by atoms with van der Waals surface area (Å²) >= 11 is 0. The highest BCUT2D eigenvalue weighted by atomic mass is 16.3. The number of aliphatic hydroxyl groups excluding tert-OH is 1. The summed E-state index contributed by atoms with van der Waals surface area (Å²) in [4.78, 5) is 0. The van der Waals surface area contributed by atoms with Gasteiger partial charge in [0.2, 0.25) is 0 Å². The highest BCUT2D eigenvalue weighted by molar-refractivity contribution is 4.97. The molecular weight excluding hydrogens is 174 g/mol. The average molecular weight is 199 g/mol. The number of nitrogens with one attached hydrogen (secondary N) is 1. The Labute approximate surface area is 88.1 Å². The highest BCUT2D eigenvalue weighted by Gasteiger charge is 2.40. The van der Waals surface area contributed by atoms with Crippen molar-refractivity contribution in [1.82, 2.24) is 5.32 Å². The van der Waals surface area contributed by atoms with E-state index in [2.05, 4.69) is 26.2 Å². The molecule has 2 nitrogen and oxygen atoms in total. The topological polar surface area (TPSA) is 32.3 Å². The van der Waals surface area contributed by atoms with Gasteiger partial charge in [0, 0.05) is 12.1 Å². The second-order valence-corrected chi connectivity index (χ2v) is 4.98. The summed E-state index contributed by atoms with van der Waals surface area (Å²) in [7, 11) is 2.05. The van der Waals surface area contributed by atoms with Crippen LogP contribution in [0.3, 0.4) is 0 Å². The molecule has 2 heteroatoms. The zero-order valence-corrected chi connectivity index (χ0v) is 9.84. The van der Waals surface area contributed by atoms with Crippen LogP contribution in [0.4, 0.5) is 0 Å². The zero-order valence-electron chi connectivity index (χ0n) is 9.84. The van der Waals surface area contributed by atoms with Crippen LogP contribution in [0.5, 0.6) is 0 Å². The van der Waals surface area contributed by atoms with Gasteiger partial charge in [0.1, 0.15) is 0 Å². The molecule has 1 saturated carbocycles. The van der Waals surface area contributed by atoms with Crippen LogP contribution in [-0.2, 0) is 0 Å². The van der Waals surface area contributed by atoms with E-state index in [4.69, 9.17) is 0 Å². The Hall–Kier alpha value is -0.0800. The smallest absolute Gasteiger partial charge is 0.0448 e. The number of aliphatic hydroxyl groups is 1. The molecule has 0 aromatic heterocycles. The zero-order chi connectivity index (χ0) is 10.6. The molecule has 0 aliphatic heterocycles. The quantitative estimate of drug-likeness (QED) is 0.727. The molecule has 0 aromatic rings. The van der Waals surface area contributed by atoms with E-state index in [1.54, 1.807) is 0 Å². The third-order valence-electron chi connectivity index (χ3n) is 3.96. The summed E-state index contributed by atoms with van der Waals surface area (Å²) in [5, 5.41) is 12.7. The van der Waals surface area contributed by atoms with Gasteiger partial charge in [-0.05, 0) is 38.1 Å². The van der Waals surface area contributed by atoms with Crippen LogP contribution in [0, 0.1) is 11.8 Å². The lowest BCUT2D eigenvalue weighted by Crippen LogP contribution is -2.53. The Morgan fingerprint density at radius 1 is 1.43 bits per heavy atom. The molecule has 0 bridgehead atoms. The summed E-state index contributed by atoms with van der Waals surface area (Å²) in [6, 6.07) is 0. The van der Waals surface area contributed by atoms with E-state index in [1.165, 1.54) is 25.7 Å². The van der Waals surface area contributed by atoms with Crippen molar-refractivity contribution >= 4 is 0 Å². The van der Waals surface area contributed by atoms with Crippen LogP contribution in [0.2, 0.25) is 0 Å². The van der Waals surface area contributed by atoms with Gasteiger partial charge in [-0.1, -0.05) is 26.7 Å². The fourth-order valence-electron chi connectivity index (χ4n) is 3.18. The Kier molecular flexibility index (Phi) is 4.39. The van der Waals surface area contributed by atoms with Crippen LogP contribution in [0.25, 0.3) is 0 Å². The van der Waals surface area contributed by atoms with Gasteiger partial charge in [-0.15, -0.1) is 0 Å². The average Bonchev–Trinajstić information content (AvgIpc) is 2.18. The van der Waals surface area contributed by atoms with Gasteiger partial charge >= 0.3 is 0 Å². The standard InChI is InChI=1S/C12H25NO/c1-10(2)11-6-4-5-7-12(11,13-3)8-9-14/h10-11,13-14H,4-9H2,1-3H3. The lowest BCUT2D eigenvalue weighted by atomic mass is 9.66. The van der Waals surface area contributed by atoms with E-state index < -0.39 is 0 Å². The SMILES string of the molecule is CNC1(CCO)CCCCC1C(C)C. The van der Waals surface area contributed by atoms with E-state index in [9.17, 15) is 5.11 Å². The van der Waals surface area contributed by atoms with Crippen molar-refractivity contribution in [3.63, 3.8) is 0 Å². The maximum absolute atomic E-state index is 9.17. The molecule has 14 heavy (non-hydrogen) atoms. The van der Waals surface area contributed by atoms with Crippen molar-refractivity contribution in [2.75, 3.05) is 13.7 Å². The van der Waals surface area contributed by atoms with Crippen LogP contribution in [-0.4, -0.2) is 24.3 Å². The minimum atomic E-state index is 0.209. The summed E-state index contributed by atoms with van der Waals surface area (Å²) in [5.41, 5.74) is 0.209. The van der Waals surface area contributed by atoms with Crippen LogP contribution < -0.4 is 5.32 Å². The molecule has 0 spiro atoms. The predicted molar refractivity (Wildman–Crippen MR) is 60.3 cm³/mol. The van der Waals surface area contributed by atoms with Crippen LogP contribution in [0.15, 0.2) is 0 Å². The van der Waals surface area contributed by atoms with Crippen molar-refractivity contribution in [1.29, 1.82) is 0 Å². The molecule has 0 radical (unpaired) electrons. The Morgan fingerprint density at radius 3 is 2.64 bits per heavy atom. The monoisotopic (exact) mass is 199 g/mol. The van der Waals surface area contributed by atoms with E-state index in [0.29, 0.717) is 12.5 Å². The minimum Gasteiger partial charge on any atom is -0.396 e. The lowest BCUT2D eigenvalue weighted by Gasteiger charge is -2.46. The first-order chi connectivity index (χ1) is 6.66. The van der Waals surface area contributed by atoms with Crippen molar-refractivity contribution in [2.24, 2.45) is 11.8 Å². The van der Waals surface area contributed by atoms with Gasteiger partial charge in [0.15, 0.2) is 0 Å². The molecule has 2 atom stereocenters. The van der Waals surface area contributed by atoms with E-state index in [0.717, 1.165) is 12.3 Å². The van der Waals surface area contributed by atoms with Crippen molar-refractivity contribution in [3.8, 4) is 0 Å². The number of hydrogen-bond donors (Lipinski definition) is 2. The Bertz CT molecular complexity index is 166. The molecule has 0 aromatic carbocycles. The first-order valence-electron chi connectivity index (χ1n) is 5.96. The normalized spacial score (nSPS) is 33.6. The van der Waals surface area contributed by atoms with Crippen molar-refractivity contribution < 1.29 is 5.11 Å².